The van der Waals surface area contributed by atoms with E-state index in [0.29, 0.717) is 62.0 Å². The molecule has 38 heavy (non-hydrogen) atoms. The van der Waals surface area contributed by atoms with Crippen molar-refractivity contribution in [2.45, 2.75) is 0 Å². The van der Waals surface area contributed by atoms with Gasteiger partial charge in [-0.05, 0) is 42.5 Å². The van der Waals surface area contributed by atoms with Gasteiger partial charge in [-0.15, -0.1) is 0 Å². The van der Waals surface area contributed by atoms with Crippen molar-refractivity contribution in [3.05, 3.63) is 106 Å². The number of hydrogen-bond donors (Lipinski definition) is 0. The van der Waals surface area contributed by atoms with Crippen molar-refractivity contribution in [2.75, 3.05) is 52.9 Å². The molecule has 0 atom stereocenters. The quantitative estimate of drug-likeness (QED) is 0.382. The molecule has 1 heterocycles. The fourth-order valence-corrected chi connectivity index (χ4v) is 4.62. The third-order valence-electron chi connectivity index (χ3n) is 6.59. The number of hydrogen-bond acceptors (Lipinski definition) is 4. The average molecular weight is 536 g/mol. The molecule has 0 unspecified atom stereocenters. The van der Waals surface area contributed by atoms with Crippen LogP contribution in [0.5, 0.6) is 5.75 Å². The maximum atomic E-state index is 13.4. The first-order chi connectivity index (χ1) is 18.5. The summed E-state index contributed by atoms with van der Waals surface area (Å²) in [6, 6.07) is 20.4. The summed E-state index contributed by atoms with van der Waals surface area (Å²) in [6.07, 6.45) is 3.90. The fraction of sp³-hybridized carbons (Fsp3) is 0.267. The summed E-state index contributed by atoms with van der Waals surface area (Å²) in [4.78, 5) is 32.0. The predicted octanol–water partition coefficient (Wildman–Crippen LogP) is 5.10. The van der Waals surface area contributed by atoms with E-state index in [0.717, 1.165) is 11.3 Å². The van der Waals surface area contributed by atoms with Gasteiger partial charge in [-0.1, -0.05) is 54.1 Å². The van der Waals surface area contributed by atoms with Gasteiger partial charge in [0.2, 0.25) is 0 Å². The van der Waals surface area contributed by atoms with E-state index >= 15 is 0 Å². The van der Waals surface area contributed by atoms with E-state index in [9.17, 15) is 14.0 Å². The van der Waals surface area contributed by atoms with Crippen molar-refractivity contribution in [3.8, 4) is 5.75 Å². The highest BCUT2D eigenvalue weighted by molar-refractivity contribution is 6.33. The first kappa shape index (κ1) is 27.4. The van der Waals surface area contributed by atoms with Crippen LogP contribution in [0.25, 0.3) is 6.08 Å². The predicted molar refractivity (Wildman–Crippen MR) is 148 cm³/mol. The summed E-state index contributed by atoms with van der Waals surface area (Å²) >= 11 is 6.34. The molecular formula is C30H31ClFN3O3. The second-order valence-corrected chi connectivity index (χ2v) is 9.42. The molecule has 0 aromatic heterocycles. The molecule has 0 bridgehead atoms. The van der Waals surface area contributed by atoms with Gasteiger partial charge in [0.1, 0.15) is 11.6 Å². The number of nitrogens with zero attached hydrogens (tertiary/aromatic N) is 3. The number of methoxy groups -OCH3 is 1. The molecule has 1 aliphatic heterocycles. The lowest BCUT2D eigenvalue weighted by atomic mass is 10.1. The van der Waals surface area contributed by atoms with Gasteiger partial charge in [-0.2, -0.15) is 0 Å². The van der Waals surface area contributed by atoms with Crippen LogP contribution < -0.4 is 4.74 Å². The van der Waals surface area contributed by atoms with Crippen LogP contribution in [0.2, 0.25) is 5.02 Å². The molecular weight excluding hydrogens is 505 g/mol. The van der Waals surface area contributed by atoms with E-state index in [1.807, 2.05) is 36.4 Å². The topological polar surface area (TPSA) is 53.1 Å². The first-order valence-corrected chi connectivity index (χ1v) is 12.9. The molecule has 0 spiro atoms. The summed E-state index contributed by atoms with van der Waals surface area (Å²) < 4.78 is 18.6. The number of rotatable bonds is 9. The average Bonchev–Trinajstić information content (AvgIpc) is 2.95. The number of amides is 2. The normalized spacial score (nSPS) is 14.0. The minimum atomic E-state index is -0.361. The van der Waals surface area contributed by atoms with E-state index in [1.165, 1.54) is 24.3 Å². The minimum absolute atomic E-state index is 0.0957. The van der Waals surface area contributed by atoms with Gasteiger partial charge in [0.05, 0.1) is 17.7 Å². The molecule has 4 rings (SSSR count). The molecule has 6 nitrogen and oxygen atoms in total. The van der Waals surface area contributed by atoms with Crippen LogP contribution >= 0.6 is 11.6 Å². The largest absolute Gasteiger partial charge is 0.496 e. The Bertz CT molecular complexity index is 1270. The SMILES string of the molecule is COc1ccccc1/C=C/CN(CCN1CCN(C(=O)c2ccc(F)cc2)CC1)C(=O)c1ccccc1Cl. The molecule has 3 aromatic rings. The van der Waals surface area contributed by atoms with E-state index in [-0.39, 0.29) is 17.6 Å². The molecule has 8 heteroatoms. The van der Waals surface area contributed by atoms with Gasteiger partial charge in [-0.25, -0.2) is 4.39 Å². The molecule has 0 N–H and O–H groups in total. The zero-order valence-corrected chi connectivity index (χ0v) is 22.1. The third kappa shape index (κ3) is 7.00. The lowest BCUT2D eigenvalue weighted by Crippen LogP contribution is -2.50. The van der Waals surface area contributed by atoms with Gasteiger partial charge in [0, 0.05) is 56.9 Å². The molecule has 0 radical (unpaired) electrons. The molecule has 0 aliphatic carbocycles. The molecule has 0 saturated carbocycles. The van der Waals surface area contributed by atoms with Crippen LogP contribution in [0.4, 0.5) is 4.39 Å². The summed E-state index contributed by atoms with van der Waals surface area (Å²) in [5, 5.41) is 0.420. The first-order valence-electron chi connectivity index (χ1n) is 12.6. The smallest absolute Gasteiger partial charge is 0.255 e. The Hall–Kier alpha value is -3.68. The number of carbonyl (C=O) groups is 2. The van der Waals surface area contributed by atoms with Gasteiger partial charge >= 0.3 is 0 Å². The number of benzene rings is 3. The lowest BCUT2D eigenvalue weighted by molar-refractivity contribution is 0.0609. The van der Waals surface area contributed by atoms with Crippen molar-refractivity contribution >= 4 is 29.5 Å². The number of piperazine rings is 1. The minimum Gasteiger partial charge on any atom is -0.496 e. The monoisotopic (exact) mass is 535 g/mol. The number of carbonyl (C=O) groups excluding carboxylic acids is 2. The zero-order chi connectivity index (χ0) is 26.9. The van der Waals surface area contributed by atoms with Gasteiger partial charge in [-0.3, -0.25) is 14.5 Å². The maximum absolute atomic E-state index is 13.4. The summed E-state index contributed by atoms with van der Waals surface area (Å²) in [7, 11) is 1.63. The highest BCUT2D eigenvalue weighted by Crippen LogP contribution is 2.20. The summed E-state index contributed by atoms with van der Waals surface area (Å²) in [5.74, 6) is 0.174. The van der Waals surface area contributed by atoms with Crippen molar-refractivity contribution < 1.29 is 18.7 Å². The lowest BCUT2D eigenvalue weighted by Gasteiger charge is -2.36. The van der Waals surface area contributed by atoms with Crippen LogP contribution in [-0.2, 0) is 0 Å². The van der Waals surface area contributed by atoms with Gasteiger partial charge in [0.15, 0.2) is 0 Å². The molecule has 1 aliphatic rings. The molecule has 198 valence electrons. The Balaban J connectivity index is 1.38. The fourth-order valence-electron chi connectivity index (χ4n) is 4.40. The Labute approximate surface area is 227 Å². The van der Waals surface area contributed by atoms with Crippen LogP contribution in [0.1, 0.15) is 26.3 Å². The van der Waals surface area contributed by atoms with Crippen molar-refractivity contribution in [3.63, 3.8) is 0 Å². The Morgan fingerprint density at radius 2 is 1.66 bits per heavy atom. The van der Waals surface area contributed by atoms with Crippen LogP contribution in [0.3, 0.4) is 0 Å². The van der Waals surface area contributed by atoms with E-state index in [1.54, 1.807) is 41.2 Å². The second-order valence-electron chi connectivity index (χ2n) is 9.02. The zero-order valence-electron chi connectivity index (χ0n) is 21.4. The molecule has 1 saturated heterocycles. The molecule has 2 amide bonds. The van der Waals surface area contributed by atoms with Gasteiger partial charge in [0.25, 0.3) is 11.8 Å². The highest BCUT2D eigenvalue weighted by Gasteiger charge is 2.24. The second kappa shape index (κ2) is 13.2. The van der Waals surface area contributed by atoms with Gasteiger partial charge < -0.3 is 14.5 Å². The molecule has 1 fully saturated rings. The van der Waals surface area contributed by atoms with Crippen LogP contribution in [0, 0.1) is 5.82 Å². The Morgan fingerprint density at radius 1 is 0.974 bits per heavy atom. The van der Waals surface area contributed by atoms with E-state index < -0.39 is 0 Å². The van der Waals surface area contributed by atoms with Crippen LogP contribution in [-0.4, -0.2) is 79.4 Å². The van der Waals surface area contributed by atoms with Crippen molar-refractivity contribution in [1.82, 2.24) is 14.7 Å². The summed E-state index contributed by atoms with van der Waals surface area (Å²) in [5.41, 5.74) is 1.88. The number of para-hydroxylation sites is 1. The molecule has 3 aromatic carbocycles. The Morgan fingerprint density at radius 3 is 2.37 bits per heavy atom. The summed E-state index contributed by atoms with van der Waals surface area (Å²) in [6.45, 7) is 4.11. The van der Waals surface area contributed by atoms with E-state index in [2.05, 4.69) is 4.90 Å². The van der Waals surface area contributed by atoms with Crippen molar-refractivity contribution in [1.29, 1.82) is 0 Å². The number of ether oxygens (including phenoxy) is 1. The standard InChI is InChI=1S/C30H31ClFN3O3/c1-38-28-11-5-2-7-23(28)8-6-16-34(30(37)26-9-3-4-10-27(26)31)20-17-33-18-21-35(22-19-33)29(36)24-12-14-25(32)15-13-24/h2-15H,16-22H2,1H3/b8-6+. The third-order valence-corrected chi connectivity index (χ3v) is 6.92. The number of halogens is 2. The highest BCUT2D eigenvalue weighted by atomic mass is 35.5. The Kier molecular flexibility index (Phi) is 9.51. The van der Waals surface area contributed by atoms with E-state index in [4.69, 9.17) is 16.3 Å². The van der Waals surface area contributed by atoms with Crippen molar-refractivity contribution in [2.24, 2.45) is 0 Å². The maximum Gasteiger partial charge on any atom is 0.255 e. The van der Waals surface area contributed by atoms with Crippen LogP contribution in [0.15, 0.2) is 78.9 Å².